The molecule has 0 fully saturated rings. The highest BCUT2D eigenvalue weighted by molar-refractivity contribution is 5.97. The van der Waals surface area contributed by atoms with Crippen LogP contribution in [-0.2, 0) is 13.0 Å². The van der Waals surface area contributed by atoms with Gasteiger partial charge in [-0.05, 0) is 66.6 Å². The fourth-order valence-corrected chi connectivity index (χ4v) is 2.77. The maximum absolute atomic E-state index is 12.5. The third kappa shape index (κ3) is 2.69. The zero-order chi connectivity index (χ0) is 15.7. The van der Waals surface area contributed by atoms with E-state index in [9.17, 15) is 4.79 Å². The molecule has 0 bridgehead atoms. The van der Waals surface area contributed by atoms with E-state index in [1.165, 1.54) is 16.5 Å². The van der Waals surface area contributed by atoms with Gasteiger partial charge in [-0.3, -0.25) is 4.79 Å². The fraction of sp³-hybridized carbons (Fsp3) is 0.250. The summed E-state index contributed by atoms with van der Waals surface area (Å²) in [7, 11) is 0. The monoisotopic (exact) mass is 291 g/mol. The van der Waals surface area contributed by atoms with Crippen molar-refractivity contribution in [2.45, 2.75) is 33.7 Å². The van der Waals surface area contributed by atoms with E-state index >= 15 is 0 Å². The van der Waals surface area contributed by atoms with Crippen LogP contribution in [0.3, 0.4) is 0 Å². The molecule has 22 heavy (non-hydrogen) atoms. The normalized spacial score (nSPS) is 11.0. The van der Waals surface area contributed by atoms with Crippen LogP contribution in [0.2, 0.25) is 0 Å². The Labute approximate surface area is 131 Å². The number of carbonyl (C=O) groups excluding carboxylic acids is 1. The van der Waals surface area contributed by atoms with Gasteiger partial charge in [0.2, 0.25) is 0 Å². The molecular weight excluding hydrogens is 270 g/mol. The molecule has 1 heterocycles. The molecule has 0 aliphatic carbocycles. The topological polar surface area (TPSA) is 22.0 Å². The molecule has 0 aliphatic heterocycles. The van der Waals surface area contributed by atoms with E-state index < -0.39 is 0 Å². The third-order valence-corrected chi connectivity index (χ3v) is 4.39. The predicted molar refractivity (Wildman–Crippen MR) is 91.6 cm³/mol. The van der Waals surface area contributed by atoms with E-state index in [0.29, 0.717) is 6.54 Å². The quantitative estimate of drug-likeness (QED) is 0.638. The smallest absolute Gasteiger partial charge is 0.182 e. The Morgan fingerprint density at radius 3 is 2.55 bits per heavy atom. The summed E-state index contributed by atoms with van der Waals surface area (Å²) < 4.78 is 2.03. The van der Waals surface area contributed by atoms with Gasteiger partial charge in [-0.1, -0.05) is 25.1 Å². The minimum absolute atomic E-state index is 0.153. The first-order valence-electron chi connectivity index (χ1n) is 7.76. The van der Waals surface area contributed by atoms with Gasteiger partial charge in [0.05, 0.1) is 6.54 Å². The second-order valence-electron chi connectivity index (χ2n) is 5.91. The Bertz CT molecular complexity index is 842. The lowest BCUT2D eigenvalue weighted by molar-refractivity contribution is 0.0973. The summed E-state index contributed by atoms with van der Waals surface area (Å²) in [6.07, 6.45) is 3.03. The van der Waals surface area contributed by atoms with Crippen LogP contribution in [0.4, 0.5) is 0 Å². The Hall–Kier alpha value is -2.35. The SMILES string of the molecule is CCc1ccc2c(ccn2CC(=O)c2ccc(C)c(C)c2)c1. The molecule has 0 amide bonds. The Balaban J connectivity index is 1.89. The van der Waals surface area contributed by atoms with Gasteiger partial charge in [0, 0.05) is 17.3 Å². The molecular formula is C20H21NO. The number of nitrogens with zero attached hydrogens (tertiary/aromatic N) is 1. The van der Waals surface area contributed by atoms with Gasteiger partial charge in [-0.15, -0.1) is 0 Å². The van der Waals surface area contributed by atoms with Crippen molar-refractivity contribution >= 4 is 16.7 Å². The Kier molecular flexibility index (Phi) is 3.84. The average Bonchev–Trinajstić information content (AvgIpc) is 2.92. The van der Waals surface area contributed by atoms with E-state index in [1.807, 2.05) is 35.9 Å². The van der Waals surface area contributed by atoms with Crippen LogP contribution in [0.1, 0.15) is 34.0 Å². The Morgan fingerprint density at radius 2 is 1.82 bits per heavy atom. The summed E-state index contributed by atoms with van der Waals surface area (Å²) in [6.45, 7) is 6.65. The first kappa shape index (κ1) is 14.6. The van der Waals surface area contributed by atoms with E-state index in [0.717, 1.165) is 23.1 Å². The standard InChI is InChI=1S/C20H21NO/c1-4-16-6-8-19-17(12-16)9-10-21(19)13-20(22)18-7-5-14(2)15(3)11-18/h5-12H,4,13H2,1-3H3. The van der Waals surface area contributed by atoms with Crippen molar-refractivity contribution < 1.29 is 4.79 Å². The van der Waals surface area contributed by atoms with E-state index in [-0.39, 0.29) is 5.78 Å². The van der Waals surface area contributed by atoms with Crippen molar-refractivity contribution in [3.05, 3.63) is 70.9 Å². The number of aromatic nitrogens is 1. The van der Waals surface area contributed by atoms with E-state index in [4.69, 9.17) is 0 Å². The van der Waals surface area contributed by atoms with Crippen molar-refractivity contribution in [2.75, 3.05) is 0 Å². The molecule has 0 N–H and O–H groups in total. The van der Waals surface area contributed by atoms with E-state index in [1.54, 1.807) is 0 Å². The van der Waals surface area contributed by atoms with Crippen LogP contribution >= 0.6 is 0 Å². The van der Waals surface area contributed by atoms with Gasteiger partial charge < -0.3 is 4.57 Å². The molecule has 0 saturated heterocycles. The first-order valence-corrected chi connectivity index (χ1v) is 7.76. The summed E-state index contributed by atoms with van der Waals surface area (Å²) in [5.41, 5.74) is 5.61. The first-order chi connectivity index (χ1) is 10.6. The van der Waals surface area contributed by atoms with Crippen molar-refractivity contribution in [3.8, 4) is 0 Å². The minimum Gasteiger partial charge on any atom is -0.340 e. The molecule has 0 radical (unpaired) electrons. The lowest BCUT2D eigenvalue weighted by Crippen LogP contribution is -2.09. The van der Waals surface area contributed by atoms with Gasteiger partial charge in [0.1, 0.15) is 0 Å². The Morgan fingerprint density at radius 1 is 1.00 bits per heavy atom. The molecule has 0 saturated carbocycles. The van der Waals surface area contributed by atoms with Crippen molar-refractivity contribution in [3.63, 3.8) is 0 Å². The number of fused-ring (bicyclic) bond motifs is 1. The molecule has 112 valence electrons. The molecule has 1 aromatic heterocycles. The molecule has 3 aromatic rings. The predicted octanol–water partition coefficient (Wildman–Crippen LogP) is 4.70. The molecule has 0 unspecified atom stereocenters. The number of hydrogen-bond donors (Lipinski definition) is 0. The number of ketones is 1. The highest BCUT2D eigenvalue weighted by atomic mass is 16.1. The maximum atomic E-state index is 12.5. The third-order valence-electron chi connectivity index (χ3n) is 4.39. The van der Waals surface area contributed by atoms with Crippen molar-refractivity contribution in [2.24, 2.45) is 0 Å². The number of carbonyl (C=O) groups is 1. The van der Waals surface area contributed by atoms with Crippen molar-refractivity contribution in [1.29, 1.82) is 0 Å². The van der Waals surface area contributed by atoms with Crippen LogP contribution in [0, 0.1) is 13.8 Å². The number of benzene rings is 2. The zero-order valence-corrected chi connectivity index (χ0v) is 13.4. The van der Waals surface area contributed by atoms with Crippen LogP contribution in [-0.4, -0.2) is 10.4 Å². The molecule has 0 aliphatic rings. The highest BCUT2D eigenvalue weighted by Gasteiger charge is 2.10. The second kappa shape index (κ2) is 5.80. The van der Waals surface area contributed by atoms with Crippen molar-refractivity contribution in [1.82, 2.24) is 4.57 Å². The summed E-state index contributed by atoms with van der Waals surface area (Å²) in [4.78, 5) is 12.5. The maximum Gasteiger partial charge on any atom is 0.182 e. The molecule has 3 rings (SSSR count). The summed E-state index contributed by atoms with van der Waals surface area (Å²) in [5.74, 6) is 0.153. The molecule has 2 heteroatoms. The largest absolute Gasteiger partial charge is 0.340 e. The number of rotatable bonds is 4. The summed E-state index contributed by atoms with van der Waals surface area (Å²) in [6, 6.07) is 14.5. The summed E-state index contributed by atoms with van der Waals surface area (Å²) >= 11 is 0. The van der Waals surface area contributed by atoms with Crippen LogP contribution < -0.4 is 0 Å². The molecule has 0 atom stereocenters. The van der Waals surface area contributed by atoms with Crippen LogP contribution in [0.25, 0.3) is 10.9 Å². The molecule has 2 nitrogen and oxygen atoms in total. The second-order valence-corrected chi connectivity index (χ2v) is 5.91. The average molecular weight is 291 g/mol. The number of aryl methyl sites for hydroxylation is 3. The minimum atomic E-state index is 0.153. The van der Waals surface area contributed by atoms with Crippen LogP contribution in [0.15, 0.2) is 48.7 Å². The van der Waals surface area contributed by atoms with Gasteiger partial charge in [0.25, 0.3) is 0 Å². The number of hydrogen-bond acceptors (Lipinski definition) is 1. The van der Waals surface area contributed by atoms with Gasteiger partial charge in [-0.2, -0.15) is 0 Å². The van der Waals surface area contributed by atoms with Gasteiger partial charge in [-0.25, -0.2) is 0 Å². The van der Waals surface area contributed by atoms with Crippen LogP contribution in [0.5, 0.6) is 0 Å². The van der Waals surface area contributed by atoms with Gasteiger partial charge in [0.15, 0.2) is 5.78 Å². The molecule has 2 aromatic carbocycles. The van der Waals surface area contributed by atoms with E-state index in [2.05, 4.69) is 38.1 Å². The fourth-order valence-electron chi connectivity index (χ4n) is 2.77. The number of Topliss-reactive ketones (excluding diaryl/α,β-unsaturated/α-hetero) is 1. The lowest BCUT2D eigenvalue weighted by atomic mass is 10.0. The molecule has 0 spiro atoms. The highest BCUT2D eigenvalue weighted by Crippen LogP contribution is 2.19. The summed E-state index contributed by atoms with van der Waals surface area (Å²) in [5, 5.41) is 1.20. The zero-order valence-electron chi connectivity index (χ0n) is 13.4. The lowest BCUT2D eigenvalue weighted by Gasteiger charge is -2.07. The van der Waals surface area contributed by atoms with Gasteiger partial charge >= 0.3 is 0 Å².